The predicted octanol–water partition coefficient (Wildman–Crippen LogP) is 3.15. The van der Waals surface area contributed by atoms with E-state index in [1.54, 1.807) is 19.2 Å². The third kappa shape index (κ3) is 3.03. The van der Waals surface area contributed by atoms with Crippen LogP contribution in [0.25, 0.3) is 0 Å². The Balaban J connectivity index is 2.75. The lowest BCUT2D eigenvalue weighted by molar-refractivity contribution is -0.0123. The van der Waals surface area contributed by atoms with Crippen LogP contribution in [0.3, 0.4) is 0 Å². The molecule has 0 aliphatic heterocycles. The van der Waals surface area contributed by atoms with E-state index in [9.17, 15) is 8.78 Å². The number of rotatable bonds is 4. The van der Waals surface area contributed by atoms with Gasteiger partial charge in [-0.1, -0.05) is 28.1 Å². The molecule has 1 rings (SSSR count). The van der Waals surface area contributed by atoms with Gasteiger partial charge in [-0.3, -0.25) is 0 Å². The molecule has 0 saturated carbocycles. The zero-order valence-corrected chi connectivity index (χ0v) is 9.44. The summed E-state index contributed by atoms with van der Waals surface area (Å²) in [6, 6.07) is 6.14. The van der Waals surface area contributed by atoms with E-state index >= 15 is 0 Å². The highest BCUT2D eigenvalue weighted by molar-refractivity contribution is 9.10. The Bertz CT molecular complexity index is 285. The summed E-state index contributed by atoms with van der Waals surface area (Å²) < 4.78 is 27.6. The van der Waals surface area contributed by atoms with Gasteiger partial charge >= 0.3 is 0 Å². The summed E-state index contributed by atoms with van der Waals surface area (Å²) in [6.07, 6.45) is -0.175. The van der Waals surface area contributed by atoms with E-state index in [1.807, 2.05) is 0 Å². The number of nitrogens with one attached hydrogen (secondary N) is 1. The highest BCUT2D eigenvalue weighted by Crippen LogP contribution is 2.31. The molecular weight excluding hydrogens is 252 g/mol. The van der Waals surface area contributed by atoms with E-state index in [1.165, 1.54) is 12.1 Å². The van der Waals surface area contributed by atoms with Gasteiger partial charge in [0.15, 0.2) is 0 Å². The van der Waals surface area contributed by atoms with Gasteiger partial charge in [0.05, 0.1) is 0 Å². The van der Waals surface area contributed by atoms with Crippen LogP contribution in [0.1, 0.15) is 12.0 Å². The number of hydrogen-bond donors (Lipinski definition) is 1. The van der Waals surface area contributed by atoms with Crippen molar-refractivity contribution < 1.29 is 8.78 Å². The summed E-state index contributed by atoms with van der Waals surface area (Å²) in [5.41, 5.74) is 0.0657. The quantitative estimate of drug-likeness (QED) is 0.880. The lowest BCUT2D eigenvalue weighted by Gasteiger charge is -2.16. The van der Waals surface area contributed by atoms with Crippen LogP contribution in [0.15, 0.2) is 28.7 Å². The monoisotopic (exact) mass is 263 g/mol. The molecule has 0 heterocycles. The second-order valence-corrected chi connectivity index (χ2v) is 3.98. The van der Waals surface area contributed by atoms with Crippen molar-refractivity contribution in [2.45, 2.75) is 12.3 Å². The molecule has 0 aliphatic rings. The van der Waals surface area contributed by atoms with Crippen LogP contribution in [0.5, 0.6) is 0 Å². The minimum atomic E-state index is -2.75. The first kappa shape index (κ1) is 11.6. The zero-order valence-electron chi connectivity index (χ0n) is 7.86. The van der Waals surface area contributed by atoms with Gasteiger partial charge in [0, 0.05) is 23.0 Å². The molecule has 0 amide bonds. The first-order chi connectivity index (χ1) is 6.56. The SMILES string of the molecule is CNCCC(F)(F)c1ccc(Br)cc1. The summed E-state index contributed by atoms with van der Waals surface area (Å²) in [6.45, 7) is 0.309. The molecule has 0 aromatic heterocycles. The molecule has 0 saturated heterocycles. The van der Waals surface area contributed by atoms with Gasteiger partial charge in [-0.15, -0.1) is 0 Å². The average Bonchev–Trinajstić information content (AvgIpc) is 2.16. The Morgan fingerprint density at radius 1 is 1.29 bits per heavy atom. The van der Waals surface area contributed by atoms with Crippen LogP contribution in [-0.2, 0) is 5.92 Å². The van der Waals surface area contributed by atoms with Crippen LogP contribution in [0.4, 0.5) is 8.78 Å². The Hall–Kier alpha value is -0.480. The van der Waals surface area contributed by atoms with Crippen molar-refractivity contribution in [3.8, 4) is 0 Å². The van der Waals surface area contributed by atoms with E-state index in [0.717, 1.165) is 4.47 Å². The second-order valence-electron chi connectivity index (χ2n) is 3.06. The lowest BCUT2D eigenvalue weighted by atomic mass is 10.1. The topological polar surface area (TPSA) is 12.0 Å². The zero-order chi connectivity index (χ0) is 10.6. The van der Waals surface area contributed by atoms with E-state index in [2.05, 4.69) is 21.2 Å². The molecule has 1 aromatic rings. The number of alkyl halides is 2. The molecule has 1 N–H and O–H groups in total. The summed E-state index contributed by atoms with van der Waals surface area (Å²) in [5, 5.41) is 2.72. The van der Waals surface area contributed by atoms with Crippen LogP contribution < -0.4 is 5.32 Å². The Morgan fingerprint density at radius 3 is 2.36 bits per heavy atom. The van der Waals surface area contributed by atoms with Crippen LogP contribution in [0, 0.1) is 0 Å². The molecule has 0 fully saturated rings. The highest BCUT2D eigenvalue weighted by Gasteiger charge is 2.30. The first-order valence-corrected chi connectivity index (χ1v) is 5.14. The van der Waals surface area contributed by atoms with E-state index in [0.29, 0.717) is 6.54 Å². The standard InChI is InChI=1S/C10H12BrF2N/c1-14-7-6-10(12,13)8-2-4-9(11)5-3-8/h2-5,14H,6-7H2,1H3. The van der Waals surface area contributed by atoms with Gasteiger partial charge < -0.3 is 5.32 Å². The molecular formula is C10H12BrF2N. The normalized spacial score (nSPS) is 11.7. The minimum Gasteiger partial charge on any atom is -0.320 e. The molecule has 0 spiro atoms. The highest BCUT2D eigenvalue weighted by atomic mass is 79.9. The fraction of sp³-hybridized carbons (Fsp3) is 0.400. The fourth-order valence-corrected chi connectivity index (χ4v) is 1.38. The van der Waals surface area contributed by atoms with Crippen molar-refractivity contribution in [2.75, 3.05) is 13.6 Å². The van der Waals surface area contributed by atoms with Crippen LogP contribution in [-0.4, -0.2) is 13.6 Å². The van der Waals surface area contributed by atoms with Gasteiger partial charge in [-0.2, -0.15) is 0 Å². The van der Waals surface area contributed by atoms with Crippen molar-refractivity contribution in [2.24, 2.45) is 0 Å². The molecule has 1 nitrogen and oxygen atoms in total. The Morgan fingerprint density at radius 2 is 1.86 bits per heavy atom. The predicted molar refractivity (Wildman–Crippen MR) is 56.6 cm³/mol. The summed E-state index contributed by atoms with van der Waals surface area (Å²) in [4.78, 5) is 0. The molecule has 0 bridgehead atoms. The maximum Gasteiger partial charge on any atom is 0.274 e. The summed E-state index contributed by atoms with van der Waals surface area (Å²) >= 11 is 3.21. The van der Waals surface area contributed by atoms with Crippen molar-refractivity contribution >= 4 is 15.9 Å². The van der Waals surface area contributed by atoms with Gasteiger partial charge in [0.1, 0.15) is 0 Å². The molecule has 14 heavy (non-hydrogen) atoms. The van der Waals surface area contributed by atoms with Gasteiger partial charge in [-0.25, -0.2) is 8.78 Å². The van der Waals surface area contributed by atoms with Gasteiger partial charge in [-0.05, 0) is 19.2 Å². The molecule has 4 heteroatoms. The van der Waals surface area contributed by atoms with Crippen molar-refractivity contribution in [3.05, 3.63) is 34.3 Å². The van der Waals surface area contributed by atoms with Gasteiger partial charge in [0.25, 0.3) is 5.92 Å². The lowest BCUT2D eigenvalue weighted by Crippen LogP contribution is -2.20. The maximum absolute atomic E-state index is 13.4. The second kappa shape index (κ2) is 4.84. The third-order valence-corrected chi connectivity index (χ3v) is 2.48. The van der Waals surface area contributed by atoms with Crippen molar-refractivity contribution in [3.63, 3.8) is 0 Å². The van der Waals surface area contributed by atoms with Crippen LogP contribution >= 0.6 is 15.9 Å². The van der Waals surface area contributed by atoms with Crippen molar-refractivity contribution in [1.29, 1.82) is 0 Å². The smallest absolute Gasteiger partial charge is 0.274 e. The largest absolute Gasteiger partial charge is 0.320 e. The summed E-state index contributed by atoms with van der Waals surface area (Å²) in [7, 11) is 1.66. The number of halogens is 3. The third-order valence-electron chi connectivity index (χ3n) is 1.96. The minimum absolute atomic E-state index is 0.0657. The van der Waals surface area contributed by atoms with Crippen molar-refractivity contribution in [1.82, 2.24) is 5.32 Å². The van der Waals surface area contributed by atoms with E-state index in [4.69, 9.17) is 0 Å². The average molecular weight is 264 g/mol. The first-order valence-electron chi connectivity index (χ1n) is 4.35. The Kier molecular flexibility index (Phi) is 4.01. The number of benzene rings is 1. The van der Waals surface area contributed by atoms with E-state index < -0.39 is 5.92 Å². The molecule has 0 atom stereocenters. The van der Waals surface area contributed by atoms with Crippen LogP contribution in [0.2, 0.25) is 0 Å². The molecule has 0 radical (unpaired) electrons. The van der Waals surface area contributed by atoms with Gasteiger partial charge in [0.2, 0.25) is 0 Å². The maximum atomic E-state index is 13.4. The van der Waals surface area contributed by atoms with E-state index in [-0.39, 0.29) is 12.0 Å². The summed E-state index contributed by atoms with van der Waals surface area (Å²) in [5.74, 6) is -2.75. The Labute approximate surface area is 90.6 Å². The fourth-order valence-electron chi connectivity index (χ4n) is 1.12. The molecule has 78 valence electrons. The number of hydrogen-bond acceptors (Lipinski definition) is 1. The molecule has 0 aliphatic carbocycles. The molecule has 1 aromatic carbocycles. The molecule has 0 unspecified atom stereocenters.